The highest BCUT2D eigenvalue weighted by Gasteiger charge is 2.47. The van der Waals surface area contributed by atoms with Crippen molar-refractivity contribution in [2.24, 2.45) is 10.8 Å². The van der Waals surface area contributed by atoms with Gasteiger partial charge in [0.25, 0.3) is 0 Å². The SMILES string of the molecule is NCCCC1(c2ccccc2)SC(c2cc(F)ccc2F)=NN1c1nnc(Br)s1. The lowest BCUT2D eigenvalue weighted by molar-refractivity contribution is 0.525. The van der Waals surface area contributed by atoms with Gasteiger partial charge in [-0.25, -0.2) is 13.8 Å². The fraction of sp³-hybridized carbons (Fsp3) is 0.211. The average molecular weight is 496 g/mol. The van der Waals surface area contributed by atoms with Crippen LogP contribution in [0.3, 0.4) is 0 Å². The van der Waals surface area contributed by atoms with E-state index < -0.39 is 16.5 Å². The van der Waals surface area contributed by atoms with Gasteiger partial charge in [-0.3, -0.25) is 0 Å². The van der Waals surface area contributed by atoms with Crippen molar-refractivity contribution >= 4 is 49.2 Å². The highest BCUT2D eigenvalue weighted by atomic mass is 79.9. The van der Waals surface area contributed by atoms with Crippen molar-refractivity contribution in [2.75, 3.05) is 11.6 Å². The molecule has 0 fully saturated rings. The van der Waals surface area contributed by atoms with Gasteiger partial charge in [0.05, 0.1) is 0 Å². The van der Waals surface area contributed by atoms with Gasteiger partial charge in [-0.15, -0.1) is 10.2 Å². The molecule has 0 amide bonds. The zero-order chi connectivity index (χ0) is 20.4. The summed E-state index contributed by atoms with van der Waals surface area (Å²) in [5.74, 6) is -1.05. The van der Waals surface area contributed by atoms with Gasteiger partial charge >= 0.3 is 0 Å². The van der Waals surface area contributed by atoms with E-state index in [9.17, 15) is 8.78 Å². The van der Waals surface area contributed by atoms with Crippen LogP contribution in [0.1, 0.15) is 24.0 Å². The van der Waals surface area contributed by atoms with Crippen LogP contribution in [-0.4, -0.2) is 21.8 Å². The topological polar surface area (TPSA) is 67.4 Å². The van der Waals surface area contributed by atoms with Gasteiger partial charge in [-0.2, -0.15) is 5.10 Å². The van der Waals surface area contributed by atoms with Gasteiger partial charge < -0.3 is 5.73 Å². The molecule has 0 bridgehead atoms. The number of nitrogens with zero attached hydrogens (tertiary/aromatic N) is 4. The monoisotopic (exact) mass is 495 g/mol. The molecule has 1 aliphatic rings. The van der Waals surface area contributed by atoms with Gasteiger partial charge in [0.1, 0.15) is 21.5 Å². The van der Waals surface area contributed by atoms with E-state index >= 15 is 0 Å². The predicted molar refractivity (Wildman–Crippen MR) is 117 cm³/mol. The lowest BCUT2D eigenvalue weighted by Gasteiger charge is -2.35. The Morgan fingerprint density at radius 3 is 2.59 bits per heavy atom. The summed E-state index contributed by atoms with van der Waals surface area (Å²) in [5.41, 5.74) is 6.91. The molecular formula is C19H16BrF2N5S2. The Balaban J connectivity index is 1.88. The van der Waals surface area contributed by atoms with Crippen LogP contribution in [0.2, 0.25) is 0 Å². The molecule has 1 unspecified atom stereocenters. The Bertz CT molecular complexity index is 1050. The van der Waals surface area contributed by atoms with Gasteiger partial charge in [-0.1, -0.05) is 53.4 Å². The molecule has 2 heterocycles. The zero-order valence-corrected chi connectivity index (χ0v) is 18.3. The molecule has 2 N–H and O–H groups in total. The second-order valence-electron chi connectivity index (χ2n) is 6.32. The summed E-state index contributed by atoms with van der Waals surface area (Å²) in [7, 11) is 0. The molecule has 1 aromatic heterocycles. The van der Waals surface area contributed by atoms with Crippen LogP contribution >= 0.6 is 39.0 Å². The number of aromatic nitrogens is 2. The highest BCUT2D eigenvalue weighted by Crippen LogP contribution is 2.52. The van der Waals surface area contributed by atoms with E-state index in [0.717, 1.165) is 17.7 Å². The Hall–Kier alpha value is -1.88. The number of benzene rings is 2. The van der Waals surface area contributed by atoms with E-state index in [-0.39, 0.29) is 5.56 Å². The first-order chi connectivity index (χ1) is 14.0. The Morgan fingerprint density at radius 1 is 1.10 bits per heavy atom. The van der Waals surface area contributed by atoms with E-state index in [1.807, 2.05) is 30.3 Å². The number of hydrogen-bond donors (Lipinski definition) is 1. The molecule has 0 radical (unpaired) electrons. The van der Waals surface area contributed by atoms with Gasteiger partial charge in [0.2, 0.25) is 5.13 Å². The van der Waals surface area contributed by atoms with Crippen LogP contribution in [-0.2, 0) is 4.87 Å². The van der Waals surface area contributed by atoms with E-state index in [1.54, 1.807) is 5.01 Å². The summed E-state index contributed by atoms with van der Waals surface area (Å²) in [6, 6.07) is 13.2. The summed E-state index contributed by atoms with van der Waals surface area (Å²) in [5, 5.41) is 15.6. The van der Waals surface area contributed by atoms with Crippen LogP contribution in [0.15, 0.2) is 57.5 Å². The molecule has 2 aromatic carbocycles. The van der Waals surface area contributed by atoms with Crippen LogP contribution < -0.4 is 10.7 Å². The van der Waals surface area contributed by atoms with E-state index in [1.165, 1.54) is 29.2 Å². The number of nitrogens with two attached hydrogens (primary N) is 1. The Morgan fingerprint density at radius 2 is 1.90 bits per heavy atom. The Labute approximate surface area is 183 Å². The molecule has 0 saturated heterocycles. The van der Waals surface area contributed by atoms with Crippen molar-refractivity contribution in [3.05, 3.63) is 75.2 Å². The molecule has 0 saturated carbocycles. The van der Waals surface area contributed by atoms with Crippen LogP contribution in [0, 0.1) is 11.6 Å². The van der Waals surface area contributed by atoms with E-state index in [0.29, 0.717) is 33.5 Å². The second kappa shape index (κ2) is 8.47. The summed E-state index contributed by atoms with van der Waals surface area (Å²) in [6.07, 6.45) is 1.35. The first-order valence-electron chi connectivity index (χ1n) is 8.81. The summed E-state index contributed by atoms with van der Waals surface area (Å²) < 4.78 is 29.0. The third-order valence-electron chi connectivity index (χ3n) is 4.47. The maximum Gasteiger partial charge on any atom is 0.231 e. The summed E-state index contributed by atoms with van der Waals surface area (Å²) in [6.45, 7) is 0.493. The third kappa shape index (κ3) is 3.94. The van der Waals surface area contributed by atoms with Crippen molar-refractivity contribution in [2.45, 2.75) is 17.7 Å². The maximum atomic E-state index is 14.5. The average Bonchev–Trinajstić information content (AvgIpc) is 3.33. The lowest BCUT2D eigenvalue weighted by atomic mass is 10.0. The molecule has 0 spiro atoms. The second-order valence-corrected chi connectivity index (χ2v) is 9.82. The number of thioether (sulfide) groups is 1. The number of hydrazone groups is 1. The first kappa shape index (κ1) is 20.4. The minimum atomic E-state index is -0.701. The minimum Gasteiger partial charge on any atom is -0.330 e. The molecular weight excluding hydrogens is 480 g/mol. The number of halogens is 3. The fourth-order valence-corrected chi connectivity index (χ4v) is 5.76. The Kier molecular flexibility index (Phi) is 5.95. The molecule has 150 valence electrons. The van der Waals surface area contributed by atoms with Crippen LogP contribution in [0.4, 0.5) is 13.9 Å². The van der Waals surface area contributed by atoms with Gasteiger partial charge in [-0.05, 0) is 59.1 Å². The van der Waals surface area contributed by atoms with Crippen molar-refractivity contribution in [3.8, 4) is 0 Å². The molecule has 4 rings (SSSR count). The molecule has 0 aliphatic carbocycles. The number of hydrogen-bond acceptors (Lipinski definition) is 7. The van der Waals surface area contributed by atoms with Crippen LogP contribution in [0.25, 0.3) is 0 Å². The number of rotatable bonds is 6. The normalized spacial score (nSPS) is 18.9. The standard InChI is InChI=1S/C19H16BrF2N5S2/c20-17-24-25-18(28-17)27-19(9-4-10-23,12-5-2-1-3-6-12)29-16(26-27)14-11-13(21)7-8-15(14)22/h1-3,5-8,11H,4,9-10,23H2. The molecule has 3 aromatic rings. The predicted octanol–water partition coefficient (Wildman–Crippen LogP) is 5.09. The summed E-state index contributed by atoms with van der Waals surface area (Å²) >= 11 is 6.04. The maximum absolute atomic E-state index is 14.5. The summed E-state index contributed by atoms with van der Waals surface area (Å²) in [4.78, 5) is -0.701. The molecule has 1 aliphatic heterocycles. The third-order valence-corrected chi connectivity index (χ3v) is 7.25. The van der Waals surface area contributed by atoms with Gasteiger partial charge in [0.15, 0.2) is 3.92 Å². The van der Waals surface area contributed by atoms with Crippen molar-refractivity contribution in [1.29, 1.82) is 0 Å². The van der Waals surface area contributed by atoms with Crippen LogP contribution in [0.5, 0.6) is 0 Å². The van der Waals surface area contributed by atoms with Crippen molar-refractivity contribution in [3.63, 3.8) is 0 Å². The molecule has 5 nitrogen and oxygen atoms in total. The first-order valence-corrected chi connectivity index (χ1v) is 11.2. The highest BCUT2D eigenvalue weighted by molar-refractivity contribution is 9.11. The van der Waals surface area contributed by atoms with E-state index in [4.69, 9.17) is 5.73 Å². The molecule has 29 heavy (non-hydrogen) atoms. The van der Waals surface area contributed by atoms with Crippen molar-refractivity contribution < 1.29 is 8.78 Å². The molecule has 10 heteroatoms. The van der Waals surface area contributed by atoms with Gasteiger partial charge in [0, 0.05) is 5.56 Å². The smallest absolute Gasteiger partial charge is 0.231 e. The fourth-order valence-electron chi connectivity index (χ4n) is 3.17. The quantitative estimate of drug-likeness (QED) is 0.515. The number of anilines is 1. The zero-order valence-electron chi connectivity index (χ0n) is 15.1. The lowest BCUT2D eigenvalue weighted by Crippen LogP contribution is -2.38. The largest absolute Gasteiger partial charge is 0.330 e. The molecule has 1 atom stereocenters. The minimum absolute atomic E-state index is 0.120. The van der Waals surface area contributed by atoms with E-state index in [2.05, 4.69) is 31.2 Å². The van der Waals surface area contributed by atoms with Crippen molar-refractivity contribution in [1.82, 2.24) is 10.2 Å².